The third-order valence-corrected chi connectivity index (χ3v) is 4.83. The average Bonchev–Trinajstić information content (AvgIpc) is 2.91. The lowest BCUT2D eigenvalue weighted by molar-refractivity contribution is -0.286. The summed E-state index contributed by atoms with van der Waals surface area (Å²) >= 11 is 0. The van der Waals surface area contributed by atoms with Crippen molar-refractivity contribution in [3.8, 4) is 11.5 Å². The zero-order valence-electron chi connectivity index (χ0n) is 14.6. The SMILES string of the molecule is O=C(/C=C/c1ccc2c(c1)OC(F)(F)O2)N1CCN(C(=O)N2CCC2)CC1. The fourth-order valence-corrected chi connectivity index (χ4v) is 3.17. The molecule has 0 saturated carbocycles. The number of amides is 3. The maximum Gasteiger partial charge on any atom is 0.586 e. The summed E-state index contributed by atoms with van der Waals surface area (Å²) < 4.78 is 34.8. The lowest BCUT2D eigenvalue weighted by Crippen LogP contribution is -2.56. The van der Waals surface area contributed by atoms with Crippen LogP contribution in [0.5, 0.6) is 11.5 Å². The Kier molecular flexibility index (Phi) is 4.37. The highest BCUT2D eigenvalue weighted by Crippen LogP contribution is 2.41. The fourth-order valence-electron chi connectivity index (χ4n) is 3.17. The Morgan fingerprint density at radius 3 is 2.22 bits per heavy atom. The molecule has 2 fully saturated rings. The van der Waals surface area contributed by atoms with Gasteiger partial charge in [-0.15, -0.1) is 8.78 Å². The van der Waals surface area contributed by atoms with Crippen molar-refractivity contribution >= 4 is 18.0 Å². The highest BCUT2D eigenvalue weighted by atomic mass is 19.3. The van der Waals surface area contributed by atoms with Crippen LogP contribution in [0, 0.1) is 0 Å². The second-order valence-electron chi connectivity index (χ2n) is 6.64. The van der Waals surface area contributed by atoms with Gasteiger partial charge in [0.1, 0.15) is 0 Å². The molecule has 3 aliphatic heterocycles. The number of likely N-dealkylation sites (tertiary alicyclic amines) is 1. The van der Waals surface area contributed by atoms with Gasteiger partial charge >= 0.3 is 12.3 Å². The third kappa shape index (κ3) is 3.67. The Balaban J connectivity index is 1.32. The van der Waals surface area contributed by atoms with Crippen LogP contribution in [-0.2, 0) is 4.79 Å². The van der Waals surface area contributed by atoms with Gasteiger partial charge in [-0.3, -0.25) is 4.79 Å². The van der Waals surface area contributed by atoms with E-state index in [-0.39, 0.29) is 23.4 Å². The van der Waals surface area contributed by atoms with Crippen molar-refractivity contribution in [1.29, 1.82) is 0 Å². The summed E-state index contributed by atoms with van der Waals surface area (Å²) in [4.78, 5) is 29.7. The molecule has 0 aliphatic carbocycles. The van der Waals surface area contributed by atoms with Crippen LogP contribution in [0.25, 0.3) is 6.08 Å². The van der Waals surface area contributed by atoms with Crippen LogP contribution in [-0.4, -0.2) is 72.2 Å². The summed E-state index contributed by atoms with van der Waals surface area (Å²) in [7, 11) is 0. The summed E-state index contributed by atoms with van der Waals surface area (Å²) in [6, 6.07) is 4.38. The number of halogens is 2. The zero-order chi connectivity index (χ0) is 19.0. The third-order valence-electron chi connectivity index (χ3n) is 4.83. The number of carbonyl (C=O) groups excluding carboxylic acids is 2. The molecule has 0 N–H and O–H groups in total. The zero-order valence-corrected chi connectivity index (χ0v) is 14.6. The quantitative estimate of drug-likeness (QED) is 0.738. The maximum atomic E-state index is 13.0. The number of hydrogen-bond acceptors (Lipinski definition) is 4. The highest BCUT2D eigenvalue weighted by Gasteiger charge is 2.43. The first-order valence-electron chi connectivity index (χ1n) is 8.82. The second kappa shape index (κ2) is 6.71. The summed E-state index contributed by atoms with van der Waals surface area (Å²) in [5.74, 6) is -0.284. The summed E-state index contributed by atoms with van der Waals surface area (Å²) in [5.41, 5.74) is 0.551. The minimum absolute atomic E-state index is 0.0357. The Hall–Kier alpha value is -2.84. The van der Waals surface area contributed by atoms with Gasteiger partial charge in [0.25, 0.3) is 0 Å². The van der Waals surface area contributed by atoms with E-state index in [2.05, 4.69) is 9.47 Å². The monoisotopic (exact) mass is 379 g/mol. The van der Waals surface area contributed by atoms with Crippen molar-refractivity contribution in [3.05, 3.63) is 29.8 Å². The van der Waals surface area contributed by atoms with Crippen molar-refractivity contribution < 1.29 is 27.8 Å². The number of benzene rings is 1. The molecule has 0 bridgehead atoms. The lowest BCUT2D eigenvalue weighted by atomic mass is 10.2. The predicted octanol–water partition coefficient (Wildman–Crippen LogP) is 1.99. The molecule has 9 heteroatoms. The number of alkyl halides is 2. The highest BCUT2D eigenvalue weighted by molar-refractivity contribution is 5.92. The smallest absolute Gasteiger partial charge is 0.395 e. The van der Waals surface area contributed by atoms with E-state index in [1.165, 1.54) is 18.2 Å². The number of ether oxygens (including phenoxy) is 2. The van der Waals surface area contributed by atoms with Gasteiger partial charge in [0, 0.05) is 45.3 Å². The maximum absolute atomic E-state index is 13.0. The topological polar surface area (TPSA) is 62.3 Å². The Morgan fingerprint density at radius 2 is 1.56 bits per heavy atom. The van der Waals surface area contributed by atoms with Gasteiger partial charge in [-0.05, 0) is 30.2 Å². The van der Waals surface area contributed by atoms with E-state index in [1.54, 1.807) is 26.8 Å². The van der Waals surface area contributed by atoms with Crippen molar-refractivity contribution in [2.45, 2.75) is 12.7 Å². The lowest BCUT2D eigenvalue weighted by Gasteiger charge is -2.40. The molecule has 4 rings (SSSR count). The molecule has 27 heavy (non-hydrogen) atoms. The first-order chi connectivity index (χ1) is 12.9. The average molecular weight is 379 g/mol. The van der Waals surface area contributed by atoms with Crippen LogP contribution in [0.1, 0.15) is 12.0 Å². The van der Waals surface area contributed by atoms with E-state index < -0.39 is 6.29 Å². The summed E-state index contributed by atoms with van der Waals surface area (Å²) in [5, 5.41) is 0. The molecule has 3 aliphatic rings. The number of nitrogens with zero attached hydrogens (tertiary/aromatic N) is 3. The number of piperazine rings is 1. The first-order valence-corrected chi connectivity index (χ1v) is 8.82. The van der Waals surface area contributed by atoms with E-state index in [0.717, 1.165) is 19.5 Å². The van der Waals surface area contributed by atoms with E-state index >= 15 is 0 Å². The Morgan fingerprint density at radius 1 is 0.926 bits per heavy atom. The second-order valence-corrected chi connectivity index (χ2v) is 6.64. The summed E-state index contributed by atoms with van der Waals surface area (Å²) in [6.07, 6.45) is 0.322. The number of carbonyl (C=O) groups is 2. The Bertz CT molecular complexity index is 787. The van der Waals surface area contributed by atoms with Crippen LogP contribution in [0.3, 0.4) is 0 Å². The minimum Gasteiger partial charge on any atom is -0.395 e. The Labute approximate surface area is 154 Å². The number of hydrogen-bond donors (Lipinski definition) is 0. The molecule has 7 nitrogen and oxygen atoms in total. The molecule has 0 spiro atoms. The molecule has 144 valence electrons. The molecule has 0 aromatic heterocycles. The molecule has 2 saturated heterocycles. The fraction of sp³-hybridized carbons (Fsp3) is 0.444. The van der Waals surface area contributed by atoms with Gasteiger partial charge in [0.15, 0.2) is 11.5 Å². The van der Waals surface area contributed by atoms with Crippen molar-refractivity contribution in [2.24, 2.45) is 0 Å². The van der Waals surface area contributed by atoms with Crippen LogP contribution in [0.2, 0.25) is 0 Å². The van der Waals surface area contributed by atoms with Crippen LogP contribution in [0.4, 0.5) is 13.6 Å². The van der Waals surface area contributed by atoms with E-state index in [0.29, 0.717) is 31.7 Å². The van der Waals surface area contributed by atoms with Gasteiger partial charge in [0.05, 0.1) is 0 Å². The molecular formula is C18H19F2N3O4. The van der Waals surface area contributed by atoms with Crippen molar-refractivity contribution in [1.82, 2.24) is 14.7 Å². The molecule has 0 radical (unpaired) electrons. The number of fused-ring (bicyclic) bond motifs is 1. The van der Waals surface area contributed by atoms with Gasteiger partial charge in [-0.2, -0.15) is 0 Å². The molecule has 0 atom stereocenters. The van der Waals surface area contributed by atoms with Gasteiger partial charge in [0.2, 0.25) is 5.91 Å². The molecule has 0 unspecified atom stereocenters. The normalized spacial score (nSPS) is 20.7. The van der Waals surface area contributed by atoms with Crippen LogP contribution >= 0.6 is 0 Å². The largest absolute Gasteiger partial charge is 0.586 e. The van der Waals surface area contributed by atoms with Gasteiger partial charge < -0.3 is 24.2 Å². The van der Waals surface area contributed by atoms with E-state index in [9.17, 15) is 18.4 Å². The predicted molar refractivity (Wildman–Crippen MR) is 91.4 cm³/mol. The standard InChI is InChI=1S/C18H19F2N3O4/c19-18(20)26-14-4-2-13(12-15(14)27-18)3-5-16(24)21-8-10-23(11-9-21)17(25)22-6-1-7-22/h2-5,12H,1,6-11H2/b5-3+. The van der Waals surface area contributed by atoms with Gasteiger partial charge in [-0.25, -0.2) is 4.79 Å². The van der Waals surface area contributed by atoms with Crippen LogP contribution < -0.4 is 9.47 Å². The number of urea groups is 1. The molecule has 1 aromatic carbocycles. The molecular weight excluding hydrogens is 360 g/mol. The van der Waals surface area contributed by atoms with Crippen molar-refractivity contribution in [2.75, 3.05) is 39.3 Å². The number of rotatable bonds is 2. The van der Waals surface area contributed by atoms with Crippen molar-refractivity contribution in [3.63, 3.8) is 0 Å². The first kappa shape index (κ1) is 17.6. The summed E-state index contributed by atoms with van der Waals surface area (Å²) in [6.45, 7) is 3.57. The van der Waals surface area contributed by atoms with E-state index in [4.69, 9.17) is 0 Å². The van der Waals surface area contributed by atoms with Crippen LogP contribution in [0.15, 0.2) is 24.3 Å². The molecule has 3 amide bonds. The molecule has 3 heterocycles. The minimum atomic E-state index is -3.66. The molecule has 1 aromatic rings. The van der Waals surface area contributed by atoms with E-state index in [1.807, 2.05) is 0 Å². The van der Waals surface area contributed by atoms with Gasteiger partial charge in [-0.1, -0.05) is 6.07 Å².